The minimum Gasteiger partial charge on any atom is -0.496 e. The van der Waals surface area contributed by atoms with E-state index in [2.05, 4.69) is 45.1 Å². The van der Waals surface area contributed by atoms with Gasteiger partial charge in [0.25, 0.3) is 5.91 Å². The highest BCUT2D eigenvalue weighted by atomic mass is 16.5. The van der Waals surface area contributed by atoms with Gasteiger partial charge in [-0.25, -0.2) is 4.98 Å². The molecule has 32 heavy (non-hydrogen) atoms. The van der Waals surface area contributed by atoms with Gasteiger partial charge in [0.05, 0.1) is 30.2 Å². The van der Waals surface area contributed by atoms with Crippen molar-refractivity contribution in [3.63, 3.8) is 0 Å². The van der Waals surface area contributed by atoms with Gasteiger partial charge in [-0.3, -0.25) is 9.78 Å². The number of anilines is 1. The monoisotopic (exact) mass is 425 g/mol. The summed E-state index contributed by atoms with van der Waals surface area (Å²) in [7, 11) is 5.57. The Balaban J connectivity index is 1.54. The fraction of sp³-hybridized carbons (Fsp3) is 0.160. The van der Waals surface area contributed by atoms with E-state index in [1.807, 2.05) is 44.4 Å². The topological polar surface area (TPSA) is 74.0 Å². The molecule has 3 aromatic heterocycles. The zero-order valence-electron chi connectivity index (χ0n) is 18.4. The summed E-state index contributed by atoms with van der Waals surface area (Å²) in [6.45, 7) is 2.03. The Morgan fingerprint density at radius 3 is 2.50 bits per heavy atom. The number of amides is 1. The molecule has 0 aliphatic rings. The molecule has 0 aliphatic carbocycles. The number of methoxy groups -OCH3 is 1. The predicted molar refractivity (Wildman–Crippen MR) is 126 cm³/mol. The summed E-state index contributed by atoms with van der Waals surface area (Å²) in [6, 6.07) is 14.0. The van der Waals surface area contributed by atoms with Crippen LogP contribution in [0.1, 0.15) is 16.2 Å². The molecule has 0 spiro atoms. The first-order valence-corrected chi connectivity index (χ1v) is 10.3. The number of aryl methyl sites for hydroxylation is 3. The number of benzene rings is 2. The van der Waals surface area contributed by atoms with Crippen LogP contribution in [0.25, 0.3) is 32.9 Å². The summed E-state index contributed by atoms with van der Waals surface area (Å²) in [5.41, 5.74) is 6.28. The van der Waals surface area contributed by atoms with Crippen molar-refractivity contribution < 1.29 is 9.53 Å². The second-order valence-corrected chi connectivity index (χ2v) is 7.88. The third-order valence-electron chi connectivity index (χ3n) is 5.80. The number of fused-ring (bicyclic) bond motifs is 3. The van der Waals surface area contributed by atoms with Gasteiger partial charge in [0.1, 0.15) is 11.4 Å². The summed E-state index contributed by atoms with van der Waals surface area (Å²) >= 11 is 0. The average molecular weight is 425 g/mol. The Hall–Kier alpha value is -4.13. The molecular formula is C25H23N5O2. The second-order valence-electron chi connectivity index (χ2n) is 7.88. The molecule has 0 saturated carbocycles. The first kappa shape index (κ1) is 19.8. The van der Waals surface area contributed by atoms with E-state index in [0.29, 0.717) is 11.4 Å². The Bertz CT molecular complexity index is 1480. The van der Waals surface area contributed by atoms with Crippen LogP contribution in [-0.2, 0) is 14.1 Å². The fourth-order valence-electron chi connectivity index (χ4n) is 4.23. The maximum absolute atomic E-state index is 12.4. The smallest absolute Gasteiger partial charge is 0.275 e. The van der Waals surface area contributed by atoms with Gasteiger partial charge in [-0.05, 0) is 36.8 Å². The molecular weight excluding hydrogens is 402 g/mol. The molecule has 0 aliphatic heterocycles. The van der Waals surface area contributed by atoms with Crippen LogP contribution in [0.5, 0.6) is 5.75 Å². The van der Waals surface area contributed by atoms with Gasteiger partial charge >= 0.3 is 0 Å². The van der Waals surface area contributed by atoms with Crippen LogP contribution in [0, 0.1) is 6.92 Å². The van der Waals surface area contributed by atoms with E-state index in [9.17, 15) is 4.79 Å². The Morgan fingerprint density at radius 2 is 1.81 bits per heavy atom. The van der Waals surface area contributed by atoms with E-state index in [4.69, 9.17) is 4.74 Å². The molecule has 5 aromatic rings. The van der Waals surface area contributed by atoms with Gasteiger partial charge in [-0.1, -0.05) is 12.1 Å². The number of aromatic nitrogens is 4. The molecule has 0 radical (unpaired) electrons. The highest BCUT2D eigenvalue weighted by Crippen LogP contribution is 2.38. The normalized spacial score (nSPS) is 11.2. The Morgan fingerprint density at radius 1 is 1.03 bits per heavy atom. The number of nitrogens with zero attached hydrogens (tertiary/aromatic N) is 4. The highest BCUT2D eigenvalue weighted by Gasteiger charge is 2.16. The van der Waals surface area contributed by atoms with Crippen molar-refractivity contribution in [2.45, 2.75) is 6.92 Å². The van der Waals surface area contributed by atoms with E-state index >= 15 is 0 Å². The fourth-order valence-corrected chi connectivity index (χ4v) is 4.23. The van der Waals surface area contributed by atoms with Crippen LogP contribution in [-0.4, -0.2) is 32.1 Å². The Kier molecular flexibility index (Phi) is 4.66. The number of nitrogens with one attached hydrogen (secondary N) is 1. The molecule has 7 heteroatoms. The largest absolute Gasteiger partial charge is 0.496 e. The lowest BCUT2D eigenvalue weighted by Gasteiger charge is -2.11. The molecule has 5 rings (SSSR count). The number of rotatable bonds is 4. The molecule has 160 valence electrons. The summed E-state index contributed by atoms with van der Waals surface area (Å²) in [5, 5.41) is 5.20. The molecule has 7 nitrogen and oxygen atoms in total. The molecule has 0 saturated heterocycles. The number of hydrogen-bond donors (Lipinski definition) is 1. The van der Waals surface area contributed by atoms with Gasteiger partial charge in [0.2, 0.25) is 0 Å². The van der Waals surface area contributed by atoms with E-state index in [1.54, 1.807) is 24.2 Å². The van der Waals surface area contributed by atoms with Crippen molar-refractivity contribution in [1.82, 2.24) is 19.1 Å². The maximum atomic E-state index is 12.4. The lowest BCUT2D eigenvalue weighted by atomic mass is 10.0. The second kappa shape index (κ2) is 7.53. The zero-order chi connectivity index (χ0) is 22.4. The van der Waals surface area contributed by atoms with Crippen LogP contribution in [0.3, 0.4) is 0 Å². The van der Waals surface area contributed by atoms with E-state index in [0.717, 1.165) is 44.4 Å². The van der Waals surface area contributed by atoms with Gasteiger partial charge in [-0.2, -0.15) is 0 Å². The van der Waals surface area contributed by atoms with Crippen molar-refractivity contribution >= 4 is 33.4 Å². The quantitative estimate of drug-likeness (QED) is 0.453. The molecule has 0 fully saturated rings. The van der Waals surface area contributed by atoms with Gasteiger partial charge in [0, 0.05) is 54.6 Å². The number of carbonyl (C=O) groups excluding carboxylic acids is 1. The van der Waals surface area contributed by atoms with Crippen molar-refractivity contribution in [3.8, 4) is 16.9 Å². The lowest BCUT2D eigenvalue weighted by Crippen LogP contribution is -2.12. The molecule has 0 atom stereocenters. The first-order chi connectivity index (χ1) is 15.5. The van der Waals surface area contributed by atoms with E-state index in [1.165, 1.54) is 0 Å². The summed E-state index contributed by atoms with van der Waals surface area (Å²) in [5.74, 6) is 0.552. The van der Waals surface area contributed by atoms with Gasteiger partial charge < -0.3 is 19.2 Å². The molecule has 3 heterocycles. The summed E-state index contributed by atoms with van der Waals surface area (Å²) in [4.78, 5) is 20.9. The number of ether oxygens (including phenoxy) is 1. The van der Waals surface area contributed by atoms with Crippen molar-refractivity contribution in [3.05, 3.63) is 72.6 Å². The van der Waals surface area contributed by atoms with E-state index in [-0.39, 0.29) is 5.91 Å². The SMILES string of the molecule is COc1cc2c(cc1-c1ccc(NC(=O)c3cn(C)cn3)cc1)c1ccnc(C)c1n2C. The lowest BCUT2D eigenvalue weighted by molar-refractivity contribution is 0.102. The molecule has 1 amide bonds. The number of hydrogen-bond acceptors (Lipinski definition) is 4. The minimum atomic E-state index is -0.239. The molecule has 0 unspecified atom stereocenters. The number of pyridine rings is 1. The maximum Gasteiger partial charge on any atom is 0.275 e. The summed E-state index contributed by atoms with van der Waals surface area (Å²) < 4.78 is 9.64. The molecule has 0 bridgehead atoms. The van der Waals surface area contributed by atoms with E-state index < -0.39 is 0 Å². The van der Waals surface area contributed by atoms with Crippen LogP contribution in [0.2, 0.25) is 0 Å². The zero-order valence-corrected chi connectivity index (χ0v) is 18.4. The van der Waals surface area contributed by atoms with Crippen molar-refractivity contribution in [1.29, 1.82) is 0 Å². The van der Waals surface area contributed by atoms with Crippen molar-refractivity contribution in [2.75, 3.05) is 12.4 Å². The highest BCUT2D eigenvalue weighted by molar-refractivity contribution is 6.10. The van der Waals surface area contributed by atoms with Crippen LogP contribution in [0.15, 0.2) is 61.2 Å². The van der Waals surface area contributed by atoms with Gasteiger partial charge in [0.15, 0.2) is 0 Å². The molecule has 1 N–H and O–H groups in total. The van der Waals surface area contributed by atoms with Crippen LogP contribution in [0.4, 0.5) is 5.69 Å². The minimum absolute atomic E-state index is 0.239. The number of carbonyl (C=O) groups is 1. The number of imidazole rings is 1. The predicted octanol–water partition coefficient (Wildman–Crippen LogP) is 4.70. The standard InChI is InChI=1S/C25H23N5O2/c1-15-24-18(9-10-26-15)20-11-19(23(32-4)12-22(20)30(24)3)16-5-7-17(8-6-16)28-25(31)21-13-29(2)14-27-21/h5-14H,1-4H3,(H,28,31). The van der Waals surface area contributed by atoms with Crippen LogP contribution >= 0.6 is 0 Å². The first-order valence-electron chi connectivity index (χ1n) is 10.3. The Labute approximate surface area is 185 Å². The summed E-state index contributed by atoms with van der Waals surface area (Å²) in [6.07, 6.45) is 5.14. The molecule has 2 aromatic carbocycles. The van der Waals surface area contributed by atoms with Crippen LogP contribution < -0.4 is 10.1 Å². The van der Waals surface area contributed by atoms with Gasteiger partial charge in [-0.15, -0.1) is 0 Å². The third kappa shape index (κ3) is 3.19. The average Bonchev–Trinajstić information content (AvgIpc) is 3.35. The third-order valence-corrected chi connectivity index (χ3v) is 5.80. The van der Waals surface area contributed by atoms with Crippen molar-refractivity contribution in [2.24, 2.45) is 14.1 Å².